The van der Waals surface area contributed by atoms with Crippen LogP contribution in [0.5, 0.6) is 0 Å². The number of hydrogen-bond acceptors (Lipinski definition) is 2. The predicted molar refractivity (Wildman–Crippen MR) is 91.6 cm³/mol. The smallest absolute Gasteiger partial charge is 0.0236 e. The zero-order chi connectivity index (χ0) is 15.1. The monoisotopic (exact) mass is 288 g/mol. The summed E-state index contributed by atoms with van der Waals surface area (Å²) in [6.07, 6.45) is 5.02. The van der Waals surface area contributed by atoms with Gasteiger partial charge in [-0.15, -0.1) is 0 Å². The van der Waals surface area contributed by atoms with Gasteiger partial charge in [-0.25, -0.2) is 0 Å². The van der Waals surface area contributed by atoms with Gasteiger partial charge in [0.2, 0.25) is 0 Å². The zero-order valence-corrected chi connectivity index (χ0v) is 14.1. The van der Waals surface area contributed by atoms with Crippen LogP contribution in [0.25, 0.3) is 0 Å². The number of piperidine rings is 1. The van der Waals surface area contributed by atoms with Crippen molar-refractivity contribution in [3.8, 4) is 0 Å². The Labute approximate surface area is 130 Å². The van der Waals surface area contributed by atoms with E-state index in [9.17, 15) is 0 Å². The van der Waals surface area contributed by atoms with Gasteiger partial charge in [0.25, 0.3) is 0 Å². The lowest BCUT2D eigenvalue weighted by Crippen LogP contribution is -2.37. The van der Waals surface area contributed by atoms with Crippen LogP contribution in [0.2, 0.25) is 0 Å². The molecule has 118 valence electrons. The quantitative estimate of drug-likeness (QED) is 0.767. The van der Waals surface area contributed by atoms with E-state index in [2.05, 4.69) is 55.3 Å². The van der Waals surface area contributed by atoms with Gasteiger partial charge in [-0.2, -0.15) is 0 Å². The molecule has 1 heterocycles. The van der Waals surface area contributed by atoms with Gasteiger partial charge in [-0.1, -0.05) is 45.0 Å². The number of rotatable bonds is 7. The maximum atomic E-state index is 3.51. The van der Waals surface area contributed by atoms with Crippen LogP contribution in [0.15, 0.2) is 24.3 Å². The fourth-order valence-electron chi connectivity index (χ4n) is 3.04. The molecule has 1 aromatic carbocycles. The molecule has 0 aromatic heterocycles. The van der Waals surface area contributed by atoms with Gasteiger partial charge >= 0.3 is 0 Å². The Kier molecular flexibility index (Phi) is 6.25. The van der Waals surface area contributed by atoms with Crippen molar-refractivity contribution < 1.29 is 0 Å². The van der Waals surface area contributed by atoms with Crippen molar-refractivity contribution in [2.24, 2.45) is 5.41 Å². The first-order chi connectivity index (χ1) is 10.1. The van der Waals surface area contributed by atoms with Crippen molar-refractivity contribution in [2.75, 3.05) is 26.2 Å². The molecule has 1 aromatic rings. The van der Waals surface area contributed by atoms with Crippen molar-refractivity contribution in [1.29, 1.82) is 0 Å². The molecule has 21 heavy (non-hydrogen) atoms. The number of hydrogen-bond donors (Lipinski definition) is 1. The van der Waals surface area contributed by atoms with Gasteiger partial charge in [0, 0.05) is 6.54 Å². The van der Waals surface area contributed by atoms with Crippen LogP contribution in [0, 0.1) is 5.41 Å². The standard InChI is InChI=1S/C19H32N2/c1-4-12-20-13-9-17-7-5-6-8-18(17)16-21-14-10-19(2,3)11-15-21/h5-8,20H,4,9-16H2,1-3H3. The highest BCUT2D eigenvalue weighted by atomic mass is 15.1. The summed E-state index contributed by atoms with van der Waals surface area (Å²) >= 11 is 0. The first-order valence-electron chi connectivity index (χ1n) is 8.60. The Morgan fingerprint density at radius 2 is 1.71 bits per heavy atom. The van der Waals surface area contributed by atoms with Gasteiger partial charge in [-0.3, -0.25) is 4.90 Å². The molecule has 1 aliphatic rings. The highest BCUT2D eigenvalue weighted by Gasteiger charge is 2.25. The van der Waals surface area contributed by atoms with Gasteiger partial charge in [0.1, 0.15) is 0 Å². The molecule has 0 amide bonds. The lowest BCUT2D eigenvalue weighted by molar-refractivity contribution is 0.127. The minimum atomic E-state index is 0.542. The fraction of sp³-hybridized carbons (Fsp3) is 0.684. The van der Waals surface area contributed by atoms with Crippen LogP contribution >= 0.6 is 0 Å². The molecular weight excluding hydrogens is 256 g/mol. The van der Waals surface area contributed by atoms with Crippen molar-refractivity contribution in [1.82, 2.24) is 10.2 Å². The molecule has 0 radical (unpaired) electrons. The minimum Gasteiger partial charge on any atom is -0.316 e. The molecule has 0 bridgehead atoms. The van der Waals surface area contributed by atoms with E-state index in [-0.39, 0.29) is 0 Å². The highest BCUT2D eigenvalue weighted by molar-refractivity contribution is 5.27. The molecule has 0 spiro atoms. The maximum Gasteiger partial charge on any atom is 0.0236 e. The predicted octanol–water partition coefficient (Wildman–Crippen LogP) is 3.85. The van der Waals surface area contributed by atoms with E-state index < -0.39 is 0 Å². The van der Waals surface area contributed by atoms with E-state index in [0.717, 1.165) is 26.1 Å². The first-order valence-corrected chi connectivity index (χ1v) is 8.60. The van der Waals surface area contributed by atoms with Crippen LogP contribution < -0.4 is 5.32 Å². The molecule has 0 unspecified atom stereocenters. The number of nitrogens with zero attached hydrogens (tertiary/aromatic N) is 1. The molecule has 2 heteroatoms. The van der Waals surface area contributed by atoms with E-state index in [1.54, 1.807) is 0 Å². The Morgan fingerprint density at radius 3 is 2.38 bits per heavy atom. The lowest BCUT2D eigenvalue weighted by atomic mass is 9.82. The number of likely N-dealkylation sites (tertiary alicyclic amines) is 1. The molecule has 0 aliphatic carbocycles. The summed E-state index contributed by atoms with van der Waals surface area (Å²) in [4.78, 5) is 2.63. The van der Waals surface area contributed by atoms with E-state index in [4.69, 9.17) is 0 Å². The minimum absolute atomic E-state index is 0.542. The average Bonchev–Trinajstić information content (AvgIpc) is 2.47. The SMILES string of the molecule is CCCNCCc1ccccc1CN1CCC(C)(C)CC1. The summed E-state index contributed by atoms with van der Waals surface area (Å²) in [6.45, 7) is 12.9. The summed E-state index contributed by atoms with van der Waals surface area (Å²) < 4.78 is 0. The number of nitrogens with one attached hydrogen (secondary N) is 1. The van der Waals surface area contributed by atoms with Crippen molar-refractivity contribution in [2.45, 2.75) is 53.0 Å². The molecule has 0 saturated carbocycles. The third kappa shape index (κ3) is 5.44. The summed E-state index contributed by atoms with van der Waals surface area (Å²) in [5.74, 6) is 0. The molecular formula is C19H32N2. The van der Waals surface area contributed by atoms with E-state index in [1.807, 2.05) is 0 Å². The van der Waals surface area contributed by atoms with Crippen LogP contribution in [-0.4, -0.2) is 31.1 Å². The Balaban J connectivity index is 1.88. The second kappa shape index (κ2) is 7.95. The average molecular weight is 288 g/mol. The van der Waals surface area contributed by atoms with E-state index >= 15 is 0 Å². The third-order valence-electron chi connectivity index (χ3n) is 4.72. The summed E-state index contributed by atoms with van der Waals surface area (Å²) in [7, 11) is 0. The van der Waals surface area contributed by atoms with Gasteiger partial charge in [-0.05, 0) is 68.4 Å². The van der Waals surface area contributed by atoms with Crippen molar-refractivity contribution in [3.05, 3.63) is 35.4 Å². The highest BCUT2D eigenvalue weighted by Crippen LogP contribution is 2.30. The third-order valence-corrected chi connectivity index (χ3v) is 4.72. The summed E-state index contributed by atoms with van der Waals surface area (Å²) in [6, 6.07) is 8.98. The summed E-state index contributed by atoms with van der Waals surface area (Å²) in [5, 5.41) is 3.51. The van der Waals surface area contributed by atoms with Crippen LogP contribution in [0.3, 0.4) is 0 Å². The second-order valence-electron chi connectivity index (χ2n) is 7.21. The van der Waals surface area contributed by atoms with Gasteiger partial charge in [0.05, 0.1) is 0 Å². The van der Waals surface area contributed by atoms with E-state index in [0.29, 0.717) is 5.41 Å². The largest absolute Gasteiger partial charge is 0.316 e. The second-order valence-corrected chi connectivity index (χ2v) is 7.21. The van der Waals surface area contributed by atoms with Gasteiger partial charge in [0.15, 0.2) is 0 Å². The molecule has 2 rings (SSSR count). The van der Waals surface area contributed by atoms with Crippen LogP contribution in [0.1, 0.15) is 51.2 Å². The lowest BCUT2D eigenvalue weighted by Gasteiger charge is -2.37. The zero-order valence-electron chi connectivity index (χ0n) is 14.1. The molecule has 2 nitrogen and oxygen atoms in total. The number of benzene rings is 1. The Bertz CT molecular complexity index is 415. The first kappa shape index (κ1) is 16.5. The van der Waals surface area contributed by atoms with Crippen LogP contribution in [0.4, 0.5) is 0 Å². The Morgan fingerprint density at radius 1 is 1.05 bits per heavy atom. The molecule has 1 aliphatic heterocycles. The van der Waals surface area contributed by atoms with Crippen molar-refractivity contribution >= 4 is 0 Å². The topological polar surface area (TPSA) is 15.3 Å². The molecule has 1 saturated heterocycles. The van der Waals surface area contributed by atoms with Gasteiger partial charge < -0.3 is 5.32 Å². The molecule has 0 atom stereocenters. The fourth-order valence-corrected chi connectivity index (χ4v) is 3.04. The molecule has 1 N–H and O–H groups in total. The molecule has 1 fully saturated rings. The van der Waals surface area contributed by atoms with Crippen molar-refractivity contribution in [3.63, 3.8) is 0 Å². The Hall–Kier alpha value is -0.860. The summed E-state index contributed by atoms with van der Waals surface area (Å²) in [5.41, 5.74) is 3.58. The van der Waals surface area contributed by atoms with Crippen LogP contribution in [-0.2, 0) is 13.0 Å². The van der Waals surface area contributed by atoms with E-state index in [1.165, 1.54) is 43.5 Å². The normalized spacial score (nSPS) is 18.8. The maximum absolute atomic E-state index is 3.51.